The van der Waals surface area contributed by atoms with Crippen molar-refractivity contribution in [1.82, 2.24) is 15.5 Å². The van der Waals surface area contributed by atoms with Gasteiger partial charge in [0.2, 0.25) is 0 Å². The first-order valence-electron chi connectivity index (χ1n) is 8.56. The summed E-state index contributed by atoms with van der Waals surface area (Å²) >= 11 is 5.92. The molecule has 0 aromatic heterocycles. The van der Waals surface area contributed by atoms with Gasteiger partial charge in [0.1, 0.15) is 0 Å². The Hall–Kier alpha value is -1.31. The lowest BCUT2D eigenvalue weighted by molar-refractivity contribution is 0.402. The van der Waals surface area contributed by atoms with Crippen molar-refractivity contribution in [3.05, 3.63) is 70.2 Å². The van der Waals surface area contributed by atoms with Gasteiger partial charge < -0.3 is 15.5 Å². The molecule has 0 radical (unpaired) electrons. The predicted molar refractivity (Wildman–Crippen MR) is 122 cm³/mol. The molecule has 0 saturated carbocycles. The Kier molecular flexibility index (Phi) is 10.6. The summed E-state index contributed by atoms with van der Waals surface area (Å²) in [6.45, 7) is 5.21. The number of aliphatic imine (C=N–C) groups is 1. The molecule has 2 rings (SSSR count). The molecule has 0 bridgehead atoms. The topological polar surface area (TPSA) is 39.7 Å². The molecule has 2 aromatic carbocycles. The van der Waals surface area contributed by atoms with Gasteiger partial charge in [0, 0.05) is 24.7 Å². The average Bonchev–Trinajstić information content (AvgIpc) is 2.59. The number of benzene rings is 2. The number of guanidine groups is 1. The van der Waals surface area contributed by atoms with Crippen LogP contribution in [0.25, 0.3) is 0 Å². The van der Waals surface area contributed by atoms with E-state index < -0.39 is 0 Å². The standard InChI is InChI=1S/C20H27ClN4.HI/c1-4-22-20(24-14-17-9-11-19(21)12-10-17)23-13-16-5-7-18(8-6-16)15-25(2)3;/h5-12H,4,13-15H2,1-3H3,(H2,22,23,24);1H. The fourth-order valence-electron chi connectivity index (χ4n) is 2.42. The van der Waals surface area contributed by atoms with Crippen molar-refractivity contribution in [2.45, 2.75) is 26.6 Å². The highest BCUT2D eigenvalue weighted by atomic mass is 127. The maximum atomic E-state index is 5.92. The van der Waals surface area contributed by atoms with E-state index in [0.717, 1.165) is 36.2 Å². The quantitative estimate of drug-likeness (QED) is 0.349. The summed E-state index contributed by atoms with van der Waals surface area (Å²) < 4.78 is 0. The summed E-state index contributed by atoms with van der Waals surface area (Å²) in [5.74, 6) is 0.815. The highest BCUT2D eigenvalue weighted by Crippen LogP contribution is 2.10. The van der Waals surface area contributed by atoms with Gasteiger partial charge in [0.05, 0.1) is 6.54 Å². The van der Waals surface area contributed by atoms with E-state index in [9.17, 15) is 0 Å². The molecule has 2 aromatic rings. The largest absolute Gasteiger partial charge is 0.357 e. The van der Waals surface area contributed by atoms with Crippen LogP contribution in [-0.2, 0) is 19.6 Å². The number of nitrogens with one attached hydrogen (secondary N) is 2. The SMILES string of the molecule is CCNC(=NCc1ccc(Cl)cc1)NCc1ccc(CN(C)C)cc1.I. The van der Waals surface area contributed by atoms with Crippen LogP contribution in [0, 0.1) is 0 Å². The predicted octanol–water partition coefficient (Wildman–Crippen LogP) is 4.27. The van der Waals surface area contributed by atoms with Crippen molar-refractivity contribution < 1.29 is 0 Å². The summed E-state index contributed by atoms with van der Waals surface area (Å²) in [7, 11) is 4.16. The van der Waals surface area contributed by atoms with Crippen molar-refractivity contribution in [3.8, 4) is 0 Å². The number of nitrogens with zero attached hydrogens (tertiary/aromatic N) is 2. The van der Waals surface area contributed by atoms with Gasteiger partial charge in [0.15, 0.2) is 5.96 Å². The molecule has 2 N–H and O–H groups in total. The molecular formula is C20H28ClIN4. The average molecular weight is 487 g/mol. The third-order valence-corrected chi connectivity index (χ3v) is 3.91. The Balaban J connectivity index is 0.00000338. The molecule has 0 spiro atoms. The van der Waals surface area contributed by atoms with E-state index in [2.05, 4.69) is 65.8 Å². The van der Waals surface area contributed by atoms with E-state index in [1.165, 1.54) is 11.1 Å². The van der Waals surface area contributed by atoms with Crippen molar-refractivity contribution in [3.63, 3.8) is 0 Å². The van der Waals surface area contributed by atoms with Crippen molar-refractivity contribution >= 4 is 41.5 Å². The van der Waals surface area contributed by atoms with Crippen LogP contribution in [0.1, 0.15) is 23.6 Å². The van der Waals surface area contributed by atoms with Crippen LogP contribution in [0.2, 0.25) is 5.02 Å². The summed E-state index contributed by atoms with van der Waals surface area (Å²) in [5.41, 5.74) is 3.69. The Labute approximate surface area is 179 Å². The molecule has 0 fully saturated rings. The molecule has 0 aliphatic carbocycles. The zero-order valence-corrected chi connectivity index (χ0v) is 18.7. The second-order valence-electron chi connectivity index (χ2n) is 6.23. The summed E-state index contributed by atoms with van der Waals surface area (Å²) in [5, 5.41) is 7.41. The van der Waals surface area contributed by atoms with Gasteiger partial charge in [-0.3, -0.25) is 0 Å². The Bertz CT molecular complexity index is 669. The number of hydrogen-bond donors (Lipinski definition) is 2. The number of halogens is 2. The zero-order chi connectivity index (χ0) is 18.1. The fourth-order valence-corrected chi connectivity index (χ4v) is 2.54. The summed E-state index contributed by atoms with van der Waals surface area (Å²) in [4.78, 5) is 6.80. The van der Waals surface area contributed by atoms with Gasteiger partial charge in [-0.1, -0.05) is 48.0 Å². The molecule has 0 saturated heterocycles. The van der Waals surface area contributed by atoms with Gasteiger partial charge in [-0.2, -0.15) is 0 Å². The number of hydrogen-bond acceptors (Lipinski definition) is 2. The smallest absolute Gasteiger partial charge is 0.191 e. The lowest BCUT2D eigenvalue weighted by atomic mass is 10.1. The Morgan fingerprint density at radius 2 is 1.50 bits per heavy atom. The first kappa shape index (κ1) is 22.7. The fraction of sp³-hybridized carbons (Fsp3) is 0.350. The maximum absolute atomic E-state index is 5.92. The molecule has 0 aliphatic rings. The molecule has 0 amide bonds. The van der Waals surface area contributed by atoms with Crippen LogP contribution in [0.15, 0.2) is 53.5 Å². The van der Waals surface area contributed by atoms with E-state index >= 15 is 0 Å². The van der Waals surface area contributed by atoms with E-state index in [0.29, 0.717) is 6.54 Å². The molecular weight excluding hydrogens is 459 g/mol. The minimum absolute atomic E-state index is 0. The molecule has 0 atom stereocenters. The normalized spacial score (nSPS) is 11.2. The lowest BCUT2D eigenvalue weighted by Crippen LogP contribution is -2.36. The molecule has 0 heterocycles. The number of rotatable bonds is 7. The molecule has 0 unspecified atom stereocenters. The first-order chi connectivity index (χ1) is 12.1. The monoisotopic (exact) mass is 486 g/mol. The molecule has 142 valence electrons. The molecule has 4 nitrogen and oxygen atoms in total. The van der Waals surface area contributed by atoms with Crippen LogP contribution >= 0.6 is 35.6 Å². The van der Waals surface area contributed by atoms with E-state index in [-0.39, 0.29) is 24.0 Å². The van der Waals surface area contributed by atoms with E-state index in [1.54, 1.807) is 0 Å². The highest BCUT2D eigenvalue weighted by molar-refractivity contribution is 14.0. The van der Waals surface area contributed by atoms with Crippen LogP contribution in [0.3, 0.4) is 0 Å². The van der Waals surface area contributed by atoms with Gasteiger partial charge in [-0.05, 0) is 49.8 Å². The van der Waals surface area contributed by atoms with Gasteiger partial charge in [-0.25, -0.2) is 4.99 Å². The highest BCUT2D eigenvalue weighted by Gasteiger charge is 2.00. The zero-order valence-electron chi connectivity index (χ0n) is 15.6. The van der Waals surface area contributed by atoms with Crippen LogP contribution < -0.4 is 10.6 Å². The Morgan fingerprint density at radius 3 is 2.08 bits per heavy atom. The third-order valence-electron chi connectivity index (χ3n) is 3.66. The summed E-state index contributed by atoms with van der Waals surface area (Å²) in [6, 6.07) is 16.5. The Morgan fingerprint density at radius 1 is 0.923 bits per heavy atom. The van der Waals surface area contributed by atoms with Gasteiger partial charge in [-0.15, -0.1) is 24.0 Å². The van der Waals surface area contributed by atoms with Crippen LogP contribution in [-0.4, -0.2) is 31.5 Å². The molecule has 0 aliphatic heterocycles. The minimum Gasteiger partial charge on any atom is -0.357 e. The van der Waals surface area contributed by atoms with Crippen molar-refractivity contribution in [2.75, 3.05) is 20.6 Å². The minimum atomic E-state index is 0. The summed E-state index contributed by atoms with van der Waals surface area (Å²) in [6.07, 6.45) is 0. The van der Waals surface area contributed by atoms with Crippen LogP contribution in [0.4, 0.5) is 0 Å². The maximum Gasteiger partial charge on any atom is 0.191 e. The third kappa shape index (κ3) is 8.38. The van der Waals surface area contributed by atoms with E-state index in [4.69, 9.17) is 11.6 Å². The van der Waals surface area contributed by atoms with E-state index in [1.807, 2.05) is 24.3 Å². The second-order valence-corrected chi connectivity index (χ2v) is 6.67. The van der Waals surface area contributed by atoms with Gasteiger partial charge in [0.25, 0.3) is 0 Å². The first-order valence-corrected chi connectivity index (χ1v) is 8.94. The molecule has 26 heavy (non-hydrogen) atoms. The van der Waals surface area contributed by atoms with Crippen molar-refractivity contribution in [1.29, 1.82) is 0 Å². The lowest BCUT2D eigenvalue weighted by Gasteiger charge is -2.13. The second kappa shape index (κ2) is 12.1. The van der Waals surface area contributed by atoms with Crippen molar-refractivity contribution in [2.24, 2.45) is 4.99 Å². The molecule has 6 heteroatoms. The van der Waals surface area contributed by atoms with Gasteiger partial charge >= 0.3 is 0 Å². The van der Waals surface area contributed by atoms with Crippen LogP contribution in [0.5, 0.6) is 0 Å².